The molecule has 1 aromatic rings. The number of carbonyl (C=O) groups excluding carboxylic acids is 1. The molecular formula is C11H20IN5OS. The first-order valence-corrected chi connectivity index (χ1v) is 6.46. The molecule has 0 aromatic carbocycles. The summed E-state index contributed by atoms with van der Waals surface area (Å²) in [4.78, 5) is 22.4. The predicted molar refractivity (Wildman–Crippen MR) is 89.2 cm³/mol. The van der Waals surface area contributed by atoms with Gasteiger partial charge in [-0.2, -0.15) is 0 Å². The van der Waals surface area contributed by atoms with Gasteiger partial charge in [-0.1, -0.05) is 0 Å². The van der Waals surface area contributed by atoms with Gasteiger partial charge in [0.2, 0.25) is 5.91 Å². The molecule has 0 bridgehead atoms. The Balaban J connectivity index is 0.00000324. The number of rotatable bonds is 4. The zero-order valence-corrected chi connectivity index (χ0v) is 14.7. The molecule has 1 amide bonds. The van der Waals surface area contributed by atoms with E-state index < -0.39 is 0 Å². The van der Waals surface area contributed by atoms with E-state index >= 15 is 0 Å². The van der Waals surface area contributed by atoms with Crippen LogP contribution in [0, 0.1) is 6.92 Å². The Kier molecular flexibility index (Phi) is 8.65. The highest BCUT2D eigenvalue weighted by molar-refractivity contribution is 14.0. The van der Waals surface area contributed by atoms with Crippen LogP contribution in [0.15, 0.2) is 10.5 Å². The van der Waals surface area contributed by atoms with Gasteiger partial charge in [0.05, 0.1) is 24.3 Å². The monoisotopic (exact) mass is 397 g/mol. The summed E-state index contributed by atoms with van der Waals surface area (Å²) in [5.74, 6) is 0.616. The van der Waals surface area contributed by atoms with Gasteiger partial charge in [0.15, 0.2) is 5.96 Å². The molecule has 0 saturated carbocycles. The number of thiazole rings is 1. The number of amides is 1. The molecule has 2 N–H and O–H groups in total. The number of halogens is 1. The molecule has 0 fully saturated rings. The molecule has 8 heteroatoms. The van der Waals surface area contributed by atoms with Gasteiger partial charge in [-0.25, -0.2) is 4.98 Å². The molecule has 1 rings (SSSR count). The number of hydrogen-bond donors (Lipinski definition) is 2. The van der Waals surface area contributed by atoms with E-state index in [2.05, 4.69) is 20.6 Å². The standard InChI is InChI=1S/C11H19N5OS.HI/c1-8-9(18-7-15-8)5-13-11(12-2)14-6-10(17)16(3)4;/h7H,5-6H2,1-4H3,(H2,12,13,14);1H. The van der Waals surface area contributed by atoms with Crippen molar-refractivity contribution in [1.29, 1.82) is 0 Å². The molecule has 0 aliphatic heterocycles. The molecule has 0 atom stereocenters. The average molecular weight is 397 g/mol. The van der Waals surface area contributed by atoms with E-state index in [9.17, 15) is 4.79 Å². The highest BCUT2D eigenvalue weighted by Crippen LogP contribution is 2.10. The average Bonchev–Trinajstić information content (AvgIpc) is 2.74. The second kappa shape index (κ2) is 9.08. The fourth-order valence-corrected chi connectivity index (χ4v) is 1.91. The van der Waals surface area contributed by atoms with Crippen molar-refractivity contribution in [1.82, 2.24) is 20.5 Å². The molecule has 6 nitrogen and oxygen atoms in total. The van der Waals surface area contributed by atoms with Gasteiger partial charge in [0.1, 0.15) is 0 Å². The van der Waals surface area contributed by atoms with E-state index in [1.54, 1.807) is 32.5 Å². The third kappa shape index (κ3) is 6.19. The number of carbonyl (C=O) groups is 1. The highest BCUT2D eigenvalue weighted by Gasteiger charge is 2.06. The van der Waals surface area contributed by atoms with Crippen LogP contribution < -0.4 is 10.6 Å². The SMILES string of the molecule is CN=C(NCC(=O)N(C)C)NCc1scnc1C.I. The fourth-order valence-electron chi connectivity index (χ4n) is 1.20. The quantitative estimate of drug-likeness (QED) is 0.449. The number of aliphatic imine (C=N–C) groups is 1. The maximum atomic E-state index is 11.4. The molecule has 0 radical (unpaired) electrons. The van der Waals surface area contributed by atoms with E-state index in [-0.39, 0.29) is 36.4 Å². The minimum absolute atomic E-state index is 0. The molecule has 19 heavy (non-hydrogen) atoms. The largest absolute Gasteiger partial charge is 0.351 e. The Hall–Kier alpha value is -0.900. The van der Waals surface area contributed by atoms with Crippen LogP contribution in [0.3, 0.4) is 0 Å². The van der Waals surface area contributed by atoms with Crippen LogP contribution >= 0.6 is 35.3 Å². The highest BCUT2D eigenvalue weighted by atomic mass is 127. The second-order valence-corrected chi connectivity index (χ2v) is 4.87. The third-order valence-electron chi connectivity index (χ3n) is 2.39. The van der Waals surface area contributed by atoms with Crippen molar-refractivity contribution in [3.63, 3.8) is 0 Å². The zero-order chi connectivity index (χ0) is 13.5. The first-order valence-electron chi connectivity index (χ1n) is 5.58. The first-order chi connectivity index (χ1) is 8.54. The summed E-state index contributed by atoms with van der Waals surface area (Å²) in [7, 11) is 5.12. The molecule has 1 aromatic heterocycles. The number of nitrogens with zero attached hydrogens (tertiary/aromatic N) is 3. The zero-order valence-electron chi connectivity index (χ0n) is 11.6. The Bertz CT molecular complexity index is 432. The van der Waals surface area contributed by atoms with E-state index in [4.69, 9.17) is 0 Å². The van der Waals surface area contributed by atoms with Gasteiger partial charge in [-0.15, -0.1) is 35.3 Å². The van der Waals surface area contributed by atoms with Crippen molar-refractivity contribution >= 4 is 47.2 Å². The smallest absolute Gasteiger partial charge is 0.241 e. The van der Waals surface area contributed by atoms with Crippen LogP contribution in [0.2, 0.25) is 0 Å². The topological polar surface area (TPSA) is 69.6 Å². The molecule has 1 heterocycles. The Labute approximate surface area is 134 Å². The van der Waals surface area contributed by atoms with Crippen molar-refractivity contribution in [2.24, 2.45) is 4.99 Å². The number of aromatic nitrogens is 1. The van der Waals surface area contributed by atoms with Gasteiger partial charge >= 0.3 is 0 Å². The maximum absolute atomic E-state index is 11.4. The predicted octanol–water partition coefficient (Wildman–Crippen LogP) is 0.823. The van der Waals surface area contributed by atoms with Gasteiger partial charge in [-0.3, -0.25) is 9.79 Å². The second-order valence-electron chi connectivity index (χ2n) is 3.93. The summed E-state index contributed by atoms with van der Waals surface area (Å²) < 4.78 is 0. The van der Waals surface area contributed by atoms with E-state index in [0.29, 0.717) is 12.5 Å². The lowest BCUT2D eigenvalue weighted by Gasteiger charge is -2.14. The molecule has 0 aliphatic rings. The molecule has 0 spiro atoms. The molecule has 0 unspecified atom stereocenters. The van der Waals surface area contributed by atoms with Crippen molar-refractivity contribution in [3.8, 4) is 0 Å². The van der Waals surface area contributed by atoms with Crippen molar-refractivity contribution < 1.29 is 4.79 Å². The molecular weight excluding hydrogens is 377 g/mol. The van der Waals surface area contributed by atoms with Crippen LogP contribution in [0.25, 0.3) is 0 Å². The van der Waals surface area contributed by atoms with Crippen LogP contribution in [0.5, 0.6) is 0 Å². The number of nitrogens with one attached hydrogen (secondary N) is 2. The number of aryl methyl sites for hydroxylation is 1. The van der Waals surface area contributed by atoms with Crippen molar-refractivity contribution in [2.75, 3.05) is 27.7 Å². The summed E-state index contributed by atoms with van der Waals surface area (Å²) in [5, 5.41) is 6.11. The van der Waals surface area contributed by atoms with E-state index in [1.807, 2.05) is 12.4 Å². The van der Waals surface area contributed by atoms with Gasteiger partial charge in [0, 0.05) is 26.0 Å². The summed E-state index contributed by atoms with van der Waals surface area (Å²) in [6, 6.07) is 0. The Morgan fingerprint density at radius 1 is 1.47 bits per heavy atom. The van der Waals surface area contributed by atoms with Crippen LogP contribution in [-0.4, -0.2) is 49.4 Å². The Morgan fingerprint density at radius 2 is 2.16 bits per heavy atom. The molecule has 0 aliphatic carbocycles. The van der Waals surface area contributed by atoms with Gasteiger partial charge in [0.25, 0.3) is 0 Å². The van der Waals surface area contributed by atoms with Crippen molar-refractivity contribution in [2.45, 2.75) is 13.5 Å². The minimum atomic E-state index is 0. The maximum Gasteiger partial charge on any atom is 0.241 e. The summed E-state index contributed by atoms with van der Waals surface area (Å²) in [6.45, 7) is 2.86. The molecule has 108 valence electrons. The van der Waals surface area contributed by atoms with Gasteiger partial charge in [-0.05, 0) is 6.92 Å². The summed E-state index contributed by atoms with van der Waals surface area (Å²) >= 11 is 1.60. The lowest BCUT2D eigenvalue weighted by molar-refractivity contribution is -0.127. The first kappa shape index (κ1) is 18.1. The lowest BCUT2D eigenvalue weighted by atomic mass is 10.4. The van der Waals surface area contributed by atoms with Crippen LogP contribution in [0.4, 0.5) is 0 Å². The number of hydrogen-bond acceptors (Lipinski definition) is 4. The van der Waals surface area contributed by atoms with Crippen molar-refractivity contribution in [3.05, 3.63) is 16.1 Å². The van der Waals surface area contributed by atoms with Crippen LogP contribution in [-0.2, 0) is 11.3 Å². The summed E-state index contributed by atoms with van der Waals surface area (Å²) in [6.07, 6.45) is 0. The van der Waals surface area contributed by atoms with Crippen LogP contribution in [0.1, 0.15) is 10.6 Å². The lowest BCUT2D eigenvalue weighted by Crippen LogP contribution is -2.42. The summed E-state index contributed by atoms with van der Waals surface area (Å²) in [5.41, 5.74) is 2.84. The van der Waals surface area contributed by atoms with E-state index in [0.717, 1.165) is 10.6 Å². The number of guanidine groups is 1. The number of likely N-dealkylation sites (N-methyl/N-ethyl adjacent to an activating group) is 1. The minimum Gasteiger partial charge on any atom is -0.351 e. The fraction of sp³-hybridized carbons (Fsp3) is 0.545. The normalized spacial score (nSPS) is 10.6. The van der Waals surface area contributed by atoms with E-state index in [1.165, 1.54) is 4.90 Å². The molecule has 0 saturated heterocycles. The van der Waals surface area contributed by atoms with Gasteiger partial charge < -0.3 is 15.5 Å². The third-order valence-corrected chi connectivity index (χ3v) is 3.33. The Morgan fingerprint density at radius 3 is 2.63 bits per heavy atom.